The fraction of sp³-hybridized carbons (Fsp3) is 0.533. The Hall–Kier alpha value is -1.75. The third kappa shape index (κ3) is 3.04. The lowest BCUT2D eigenvalue weighted by Crippen LogP contribution is -2.37. The maximum Gasteiger partial charge on any atom is 0.253 e. The van der Waals surface area contributed by atoms with E-state index in [1.165, 1.54) is 0 Å². The number of nitrogen functional groups attached to an aromatic ring is 1. The zero-order chi connectivity index (χ0) is 14.7. The average Bonchev–Trinajstić information content (AvgIpc) is 2.46. The van der Waals surface area contributed by atoms with Crippen molar-refractivity contribution in [1.82, 2.24) is 4.90 Å². The molecule has 0 saturated carbocycles. The van der Waals surface area contributed by atoms with Crippen LogP contribution in [0.4, 0.5) is 11.4 Å². The van der Waals surface area contributed by atoms with E-state index in [0.717, 1.165) is 31.6 Å². The van der Waals surface area contributed by atoms with Crippen molar-refractivity contribution < 1.29 is 9.53 Å². The highest BCUT2D eigenvalue weighted by atomic mass is 16.5. The average molecular weight is 277 g/mol. The van der Waals surface area contributed by atoms with E-state index in [4.69, 9.17) is 10.5 Å². The molecule has 1 amide bonds. The molecule has 110 valence electrons. The summed E-state index contributed by atoms with van der Waals surface area (Å²) in [6, 6.07) is 5.55. The fourth-order valence-electron chi connectivity index (χ4n) is 2.57. The van der Waals surface area contributed by atoms with Gasteiger partial charge < -0.3 is 20.3 Å². The van der Waals surface area contributed by atoms with Gasteiger partial charge >= 0.3 is 0 Å². The molecule has 1 aromatic rings. The molecule has 2 N–H and O–H groups in total. The van der Waals surface area contributed by atoms with Crippen molar-refractivity contribution in [3.8, 4) is 0 Å². The lowest BCUT2D eigenvalue weighted by atomic mass is 10.1. The normalized spacial score (nSPS) is 16.2. The predicted octanol–water partition coefficient (Wildman–Crippen LogP) is 1.59. The Balaban J connectivity index is 2.12. The van der Waals surface area contributed by atoms with Gasteiger partial charge in [-0.15, -0.1) is 0 Å². The number of rotatable bonds is 3. The van der Waals surface area contributed by atoms with Crippen LogP contribution in [0.1, 0.15) is 23.2 Å². The van der Waals surface area contributed by atoms with E-state index in [2.05, 4.69) is 4.90 Å². The Morgan fingerprint density at radius 3 is 2.50 bits per heavy atom. The van der Waals surface area contributed by atoms with E-state index in [0.29, 0.717) is 17.4 Å². The minimum absolute atomic E-state index is 0.0265. The predicted molar refractivity (Wildman–Crippen MR) is 81.1 cm³/mol. The summed E-state index contributed by atoms with van der Waals surface area (Å²) in [7, 11) is 5.24. The third-order valence-corrected chi connectivity index (χ3v) is 3.80. The van der Waals surface area contributed by atoms with E-state index in [1.54, 1.807) is 32.2 Å². The fourth-order valence-corrected chi connectivity index (χ4v) is 2.57. The van der Waals surface area contributed by atoms with Gasteiger partial charge in [0, 0.05) is 39.9 Å². The molecule has 1 aliphatic heterocycles. The second-order valence-electron chi connectivity index (χ2n) is 5.40. The van der Waals surface area contributed by atoms with Crippen LogP contribution in [0.2, 0.25) is 0 Å². The van der Waals surface area contributed by atoms with E-state index in [9.17, 15) is 4.79 Å². The summed E-state index contributed by atoms with van der Waals surface area (Å²) < 4.78 is 5.37. The summed E-state index contributed by atoms with van der Waals surface area (Å²) in [6.07, 6.45) is 2.37. The van der Waals surface area contributed by atoms with Crippen molar-refractivity contribution in [2.45, 2.75) is 18.9 Å². The molecule has 0 radical (unpaired) electrons. The molecule has 1 aliphatic rings. The van der Waals surface area contributed by atoms with Crippen LogP contribution >= 0.6 is 0 Å². The number of carbonyl (C=O) groups is 1. The molecule has 1 heterocycles. The molecule has 5 heteroatoms. The van der Waals surface area contributed by atoms with E-state index in [1.807, 2.05) is 12.1 Å². The molecule has 5 nitrogen and oxygen atoms in total. The number of nitrogens with zero attached hydrogens (tertiary/aromatic N) is 2. The van der Waals surface area contributed by atoms with Gasteiger partial charge in [0.1, 0.15) is 0 Å². The van der Waals surface area contributed by atoms with Crippen LogP contribution in [-0.4, -0.2) is 51.2 Å². The Kier molecular flexibility index (Phi) is 4.49. The van der Waals surface area contributed by atoms with Gasteiger partial charge in [-0.2, -0.15) is 0 Å². The first kappa shape index (κ1) is 14.7. The van der Waals surface area contributed by atoms with Crippen LogP contribution in [0, 0.1) is 0 Å². The van der Waals surface area contributed by atoms with Gasteiger partial charge in [-0.1, -0.05) is 0 Å². The van der Waals surface area contributed by atoms with E-state index in [-0.39, 0.29) is 5.91 Å². The molecule has 0 aromatic heterocycles. The number of benzene rings is 1. The summed E-state index contributed by atoms with van der Waals surface area (Å²) in [5.74, 6) is -0.0265. The number of ether oxygens (including phenoxy) is 1. The maximum absolute atomic E-state index is 11.9. The number of hydrogen-bond acceptors (Lipinski definition) is 4. The highest BCUT2D eigenvalue weighted by molar-refractivity contribution is 5.95. The lowest BCUT2D eigenvalue weighted by molar-refractivity contribution is 0.0819. The quantitative estimate of drug-likeness (QED) is 0.852. The summed E-state index contributed by atoms with van der Waals surface area (Å²) in [4.78, 5) is 15.7. The zero-order valence-corrected chi connectivity index (χ0v) is 12.4. The maximum atomic E-state index is 11.9. The summed E-state index contributed by atoms with van der Waals surface area (Å²) in [5, 5.41) is 0. The van der Waals surface area contributed by atoms with Gasteiger partial charge in [0.25, 0.3) is 5.91 Å². The first-order chi connectivity index (χ1) is 9.52. The molecular formula is C15H23N3O2. The van der Waals surface area contributed by atoms with Gasteiger partial charge in [0.2, 0.25) is 0 Å². The van der Waals surface area contributed by atoms with Crippen LogP contribution in [0.5, 0.6) is 0 Å². The van der Waals surface area contributed by atoms with Crippen LogP contribution in [0.3, 0.4) is 0 Å². The minimum atomic E-state index is -0.0265. The molecule has 0 spiro atoms. The first-order valence-corrected chi connectivity index (χ1v) is 6.92. The number of piperidine rings is 1. The smallest absolute Gasteiger partial charge is 0.253 e. The number of carbonyl (C=O) groups excluding carboxylic acids is 1. The van der Waals surface area contributed by atoms with Gasteiger partial charge in [-0.05, 0) is 31.0 Å². The molecule has 0 bridgehead atoms. The van der Waals surface area contributed by atoms with Crippen molar-refractivity contribution in [3.05, 3.63) is 23.8 Å². The van der Waals surface area contributed by atoms with Gasteiger partial charge in [0.05, 0.1) is 17.5 Å². The van der Waals surface area contributed by atoms with Crippen molar-refractivity contribution >= 4 is 17.3 Å². The van der Waals surface area contributed by atoms with Gasteiger partial charge in [-0.25, -0.2) is 0 Å². The van der Waals surface area contributed by atoms with Crippen molar-refractivity contribution in [2.24, 2.45) is 0 Å². The molecule has 2 rings (SSSR count). The first-order valence-electron chi connectivity index (χ1n) is 6.92. The van der Waals surface area contributed by atoms with Crippen LogP contribution in [0.25, 0.3) is 0 Å². The minimum Gasteiger partial charge on any atom is -0.397 e. The van der Waals surface area contributed by atoms with Crippen molar-refractivity contribution in [3.63, 3.8) is 0 Å². The van der Waals surface area contributed by atoms with Crippen molar-refractivity contribution in [1.29, 1.82) is 0 Å². The largest absolute Gasteiger partial charge is 0.397 e. The molecule has 0 atom stereocenters. The molecule has 20 heavy (non-hydrogen) atoms. The van der Waals surface area contributed by atoms with Gasteiger partial charge in [-0.3, -0.25) is 4.79 Å². The van der Waals surface area contributed by atoms with Crippen molar-refractivity contribution in [2.75, 3.05) is 44.9 Å². The molecule has 0 unspecified atom stereocenters. The van der Waals surface area contributed by atoms with Crippen LogP contribution in [-0.2, 0) is 4.74 Å². The number of anilines is 2. The Labute approximate surface area is 120 Å². The number of methoxy groups -OCH3 is 1. The Morgan fingerprint density at radius 2 is 2.00 bits per heavy atom. The van der Waals surface area contributed by atoms with E-state index >= 15 is 0 Å². The zero-order valence-electron chi connectivity index (χ0n) is 12.4. The van der Waals surface area contributed by atoms with Gasteiger partial charge in [0.15, 0.2) is 0 Å². The summed E-state index contributed by atoms with van der Waals surface area (Å²) >= 11 is 0. The molecule has 1 aromatic carbocycles. The number of amides is 1. The van der Waals surface area contributed by atoms with Crippen LogP contribution < -0.4 is 10.6 Å². The molecule has 1 saturated heterocycles. The highest BCUT2D eigenvalue weighted by Gasteiger charge is 2.21. The van der Waals surface area contributed by atoms with E-state index < -0.39 is 0 Å². The summed E-state index contributed by atoms with van der Waals surface area (Å²) in [6.45, 7) is 1.87. The monoisotopic (exact) mass is 277 g/mol. The highest BCUT2D eigenvalue weighted by Crippen LogP contribution is 2.28. The Bertz CT molecular complexity index is 480. The SMILES string of the molecule is COC1CCN(c2ccc(C(=O)N(C)C)cc2N)CC1. The Morgan fingerprint density at radius 1 is 1.35 bits per heavy atom. The molecule has 0 aliphatic carbocycles. The lowest BCUT2D eigenvalue weighted by Gasteiger charge is -2.33. The molecular weight excluding hydrogens is 254 g/mol. The van der Waals surface area contributed by atoms with Crippen LogP contribution in [0.15, 0.2) is 18.2 Å². The topological polar surface area (TPSA) is 58.8 Å². The number of hydrogen-bond donors (Lipinski definition) is 1. The third-order valence-electron chi connectivity index (χ3n) is 3.80. The standard InChI is InChI=1S/C15H23N3O2/c1-17(2)15(19)11-4-5-14(13(16)10-11)18-8-6-12(20-3)7-9-18/h4-5,10,12H,6-9,16H2,1-3H3. The summed E-state index contributed by atoms with van der Waals surface area (Å²) in [5.41, 5.74) is 8.41. The number of nitrogens with two attached hydrogens (primary N) is 1. The second kappa shape index (κ2) is 6.13. The molecule has 1 fully saturated rings. The second-order valence-corrected chi connectivity index (χ2v) is 5.40.